The van der Waals surface area contributed by atoms with Crippen molar-refractivity contribution in [3.8, 4) is 0 Å². The minimum absolute atomic E-state index is 0.191. The lowest BCUT2D eigenvalue weighted by atomic mass is 9.95. The zero-order valence-electron chi connectivity index (χ0n) is 39.1. The molecular weight excluding hydrogens is 838 g/mol. The van der Waals surface area contributed by atoms with E-state index < -0.39 is 11.2 Å². The fourth-order valence-electron chi connectivity index (χ4n) is 8.71. The molecule has 12 heteroatoms. The lowest BCUT2D eigenvalue weighted by Gasteiger charge is -2.19. The number of halogens is 1. The molecule has 2 fully saturated rings. The van der Waals surface area contributed by atoms with Gasteiger partial charge in [0, 0.05) is 68.4 Å². The summed E-state index contributed by atoms with van der Waals surface area (Å²) < 4.78 is 14.5. The van der Waals surface area contributed by atoms with Gasteiger partial charge >= 0.3 is 12.2 Å². The number of ether oxygens (including phenoxy) is 2. The average molecular weight is 903 g/mol. The van der Waals surface area contributed by atoms with E-state index in [1.54, 1.807) is 16.1 Å². The molecule has 0 aliphatic carbocycles. The molecule has 344 valence electrons. The number of likely N-dealkylation sites (tertiary alicyclic amines) is 2. The fourth-order valence-corrected chi connectivity index (χ4v) is 8.71. The molecule has 2 unspecified atom stereocenters. The molecule has 4 heterocycles. The summed E-state index contributed by atoms with van der Waals surface area (Å²) in [5, 5.41) is 1.83. The molecule has 2 aliphatic rings. The van der Waals surface area contributed by atoms with Crippen LogP contribution in [0, 0.1) is 0 Å². The largest absolute Gasteiger partial charge is 0.443 e. The molecule has 11 nitrogen and oxygen atoms in total. The Balaban J connectivity index is 0.000000200. The number of aromatic nitrogens is 2. The Morgan fingerprint density at radius 3 is 1.49 bits per heavy atom. The zero-order valence-corrected chi connectivity index (χ0v) is 39.9. The van der Waals surface area contributed by atoms with Crippen molar-refractivity contribution in [1.29, 1.82) is 0 Å². The summed E-state index contributed by atoms with van der Waals surface area (Å²) in [4.78, 5) is 51.1. The number of ketones is 1. The predicted molar refractivity (Wildman–Crippen MR) is 261 cm³/mol. The first-order chi connectivity index (χ1) is 30.7. The van der Waals surface area contributed by atoms with E-state index in [2.05, 4.69) is 63.9 Å². The number of Topliss-reactive ketones (excluding diaryl/α,β-unsaturated/α-hetero) is 1. The van der Waals surface area contributed by atoms with Crippen LogP contribution in [0.15, 0.2) is 109 Å². The summed E-state index contributed by atoms with van der Waals surface area (Å²) in [7, 11) is 0. The number of para-hydroxylation sites is 2. The number of nitrogen functional groups attached to an aromatic ring is 1. The van der Waals surface area contributed by atoms with Crippen molar-refractivity contribution in [2.45, 2.75) is 111 Å². The monoisotopic (exact) mass is 901 g/mol. The first-order valence-electron chi connectivity index (χ1n) is 22.4. The Kier molecular flexibility index (Phi) is 15.8. The molecule has 0 radical (unpaired) electrons. The molecule has 2 aliphatic heterocycles. The number of hydrogen-bond donors (Lipinski definition) is 1. The Bertz CT molecular complexity index is 2630. The highest BCUT2D eigenvalue weighted by Crippen LogP contribution is 2.33. The molecule has 0 spiro atoms. The van der Waals surface area contributed by atoms with Gasteiger partial charge in [0.15, 0.2) is 0 Å². The number of fused-ring (bicyclic) bond motifs is 2. The quantitative estimate of drug-likeness (QED) is 0.117. The van der Waals surface area contributed by atoms with Crippen LogP contribution >= 0.6 is 11.6 Å². The predicted octanol–water partition coefficient (Wildman–Crippen LogP) is 11.3. The van der Waals surface area contributed by atoms with Gasteiger partial charge < -0.3 is 15.2 Å². The molecule has 2 aromatic heterocycles. The van der Waals surface area contributed by atoms with Crippen molar-refractivity contribution >= 4 is 62.3 Å². The highest BCUT2D eigenvalue weighted by molar-refractivity contribution is 6.62. The molecular formula is C53H64ClN5O6. The van der Waals surface area contributed by atoms with E-state index in [0.717, 1.165) is 96.3 Å². The van der Waals surface area contributed by atoms with Crippen LogP contribution in [0.25, 0.3) is 21.8 Å². The van der Waals surface area contributed by atoms with Gasteiger partial charge in [-0.15, -0.1) is 0 Å². The summed E-state index contributed by atoms with van der Waals surface area (Å²) in [5.74, 6) is 1.15. The Hall–Kier alpha value is -5.75. The standard InChI is InChI=1S/C27H32N2O3.C24H29N3O2.C2H3ClO/c1-19(30)14-20-8-7-9-21(15-20)22-12-13-28(16-22)17-23-18-29(26(31)32-27(2,3)4)25-11-6-5-10-24(23)25;1-24(2,3)29-23(28)27-16-19(21-9-4-5-10-22(21)27)15-26-12-11-18(14-26)17-7-6-8-20(25)13-17;1-2(3)4/h5-11,15,18,22H,12-14,16-17H2,1-4H3;4-10,13,16,18H,11-12,14-15,25H2,1-3H3;1H3. The minimum atomic E-state index is -0.540. The van der Waals surface area contributed by atoms with Crippen LogP contribution in [0.4, 0.5) is 15.3 Å². The maximum Gasteiger partial charge on any atom is 0.419 e. The van der Waals surface area contributed by atoms with Crippen LogP contribution in [-0.4, -0.2) is 79.5 Å². The fraction of sp³-hybridized carbons (Fsp3) is 0.396. The maximum absolute atomic E-state index is 12.8. The smallest absolute Gasteiger partial charge is 0.419 e. The van der Waals surface area contributed by atoms with Crippen LogP contribution < -0.4 is 5.73 Å². The van der Waals surface area contributed by atoms with Crippen LogP contribution in [0.3, 0.4) is 0 Å². The van der Waals surface area contributed by atoms with Gasteiger partial charge in [0.05, 0.1) is 11.0 Å². The van der Waals surface area contributed by atoms with E-state index in [1.165, 1.54) is 18.1 Å². The second kappa shape index (κ2) is 21.0. The van der Waals surface area contributed by atoms with Crippen molar-refractivity contribution in [1.82, 2.24) is 18.9 Å². The van der Waals surface area contributed by atoms with Gasteiger partial charge in [-0.2, -0.15) is 0 Å². The Labute approximate surface area is 388 Å². The number of carbonyl (C=O) groups excluding carboxylic acids is 4. The first kappa shape index (κ1) is 48.7. The van der Waals surface area contributed by atoms with Crippen LogP contribution in [0.1, 0.15) is 108 Å². The van der Waals surface area contributed by atoms with Crippen LogP contribution in [-0.2, 0) is 38.6 Å². The summed E-state index contributed by atoms with van der Waals surface area (Å²) in [5.41, 5.74) is 13.5. The maximum atomic E-state index is 12.8. The molecule has 2 N–H and O–H groups in total. The van der Waals surface area contributed by atoms with Gasteiger partial charge in [0.2, 0.25) is 5.24 Å². The van der Waals surface area contributed by atoms with E-state index in [1.807, 2.05) is 109 Å². The van der Waals surface area contributed by atoms with E-state index in [-0.39, 0.29) is 23.2 Å². The van der Waals surface area contributed by atoms with E-state index >= 15 is 0 Å². The number of hydrogen-bond acceptors (Lipinski definition) is 9. The van der Waals surface area contributed by atoms with Gasteiger partial charge in [-0.25, -0.2) is 9.59 Å². The molecule has 6 aromatic rings. The normalized spacial score (nSPS) is 16.7. The summed E-state index contributed by atoms with van der Waals surface area (Å²) in [6.07, 6.45) is 5.89. The molecule has 8 rings (SSSR count). The Morgan fingerprint density at radius 1 is 0.631 bits per heavy atom. The zero-order chi connectivity index (χ0) is 47.1. The van der Waals surface area contributed by atoms with Crippen LogP contribution in [0.2, 0.25) is 0 Å². The molecule has 4 aromatic carbocycles. The van der Waals surface area contributed by atoms with Gasteiger partial charge in [0.25, 0.3) is 0 Å². The number of anilines is 1. The lowest BCUT2D eigenvalue weighted by molar-refractivity contribution is -0.116. The average Bonchev–Trinajstić information content (AvgIpc) is 4.03. The molecule has 65 heavy (non-hydrogen) atoms. The number of nitrogens with zero attached hydrogens (tertiary/aromatic N) is 4. The third kappa shape index (κ3) is 13.6. The summed E-state index contributed by atoms with van der Waals surface area (Å²) >= 11 is 4.64. The highest BCUT2D eigenvalue weighted by Gasteiger charge is 2.28. The van der Waals surface area contributed by atoms with Gasteiger partial charge in [0.1, 0.15) is 17.0 Å². The number of carbonyl (C=O) groups is 4. The van der Waals surface area contributed by atoms with Crippen molar-refractivity contribution in [2.75, 3.05) is 31.9 Å². The Morgan fingerprint density at radius 2 is 1.06 bits per heavy atom. The van der Waals surface area contributed by atoms with Gasteiger partial charge in [-0.1, -0.05) is 72.8 Å². The first-order valence-corrected chi connectivity index (χ1v) is 22.8. The second-order valence-corrected chi connectivity index (χ2v) is 19.8. The van der Waals surface area contributed by atoms with E-state index in [9.17, 15) is 19.2 Å². The van der Waals surface area contributed by atoms with Gasteiger partial charge in [-0.3, -0.25) is 28.5 Å². The van der Waals surface area contributed by atoms with Crippen molar-refractivity contribution in [2.24, 2.45) is 0 Å². The number of benzene rings is 4. The topological polar surface area (TPSA) is 129 Å². The lowest BCUT2D eigenvalue weighted by Crippen LogP contribution is -2.26. The third-order valence-electron chi connectivity index (χ3n) is 11.4. The third-order valence-corrected chi connectivity index (χ3v) is 11.4. The molecule has 0 saturated carbocycles. The van der Waals surface area contributed by atoms with Crippen LogP contribution in [0.5, 0.6) is 0 Å². The van der Waals surface area contributed by atoms with Crippen molar-refractivity contribution in [3.63, 3.8) is 0 Å². The SMILES string of the molecule is CC(=O)Cc1cccc(C2CCN(Cc3cn(C(=O)OC(C)(C)C)c4ccccc34)C2)c1.CC(=O)Cl.CC(C)(C)OC(=O)n1cc(CN2CCC(c3cccc(N)c3)C2)c2ccccc21. The number of nitrogens with two attached hydrogens (primary N) is 1. The van der Waals surface area contributed by atoms with Crippen molar-refractivity contribution in [3.05, 3.63) is 137 Å². The number of rotatable bonds is 8. The molecule has 0 amide bonds. The molecule has 2 atom stereocenters. The molecule has 2 saturated heterocycles. The van der Waals surface area contributed by atoms with E-state index in [0.29, 0.717) is 18.3 Å². The molecule has 0 bridgehead atoms. The second-order valence-electron chi connectivity index (χ2n) is 19.2. The summed E-state index contributed by atoms with van der Waals surface area (Å²) in [6, 6.07) is 32.7. The highest BCUT2D eigenvalue weighted by atomic mass is 35.5. The minimum Gasteiger partial charge on any atom is -0.443 e. The van der Waals surface area contributed by atoms with Gasteiger partial charge in [-0.05, 0) is 150 Å². The summed E-state index contributed by atoms with van der Waals surface area (Å²) in [6.45, 7) is 19.8. The van der Waals surface area contributed by atoms with Crippen molar-refractivity contribution < 1.29 is 28.7 Å². The van der Waals surface area contributed by atoms with E-state index in [4.69, 9.17) is 15.2 Å².